The highest BCUT2D eigenvalue weighted by Gasteiger charge is 2.13. The molecular weight excluding hydrogens is 178 g/mol. The lowest BCUT2D eigenvalue weighted by atomic mass is 10.1. The van der Waals surface area contributed by atoms with Crippen LogP contribution in [0.25, 0.3) is 0 Å². The molecule has 0 bridgehead atoms. The van der Waals surface area contributed by atoms with Gasteiger partial charge in [0, 0.05) is 19.7 Å². The molecule has 14 heavy (non-hydrogen) atoms. The van der Waals surface area contributed by atoms with E-state index in [9.17, 15) is 5.11 Å². The molecule has 0 aliphatic carbocycles. The Morgan fingerprint density at radius 2 is 1.93 bits per heavy atom. The monoisotopic (exact) mass is 203 g/mol. The van der Waals surface area contributed by atoms with Crippen LogP contribution in [0.15, 0.2) is 0 Å². The Kier molecular flexibility index (Phi) is 8.14. The molecule has 0 radical (unpaired) electrons. The number of aliphatic hydroxyl groups is 1. The molecular formula is C11H25NO2. The van der Waals surface area contributed by atoms with Crippen molar-refractivity contribution in [2.24, 2.45) is 5.92 Å². The molecule has 0 amide bonds. The normalized spacial score (nSPS) is 13.9. The van der Waals surface area contributed by atoms with E-state index in [4.69, 9.17) is 4.74 Å². The number of hydrogen-bond acceptors (Lipinski definition) is 3. The van der Waals surface area contributed by atoms with E-state index in [2.05, 4.69) is 11.8 Å². The lowest BCUT2D eigenvalue weighted by Gasteiger charge is -2.25. The largest absolute Gasteiger partial charge is 0.392 e. The quantitative estimate of drug-likeness (QED) is 0.605. The summed E-state index contributed by atoms with van der Waals surface area (Å²) in [5, 5.41) is 9.70. The average Bonchev–Trinajstić information content (AvgIpc) is 2.16. The van der Waals surface area contributed by atoms with Crippen molar-refractivity contribution in [3.05, 3.63) is 0 Å². The smallest absolute Gasteiger partial charge is 0.0689 e. The SMILES string of the molecule is CCOCCN(CC)CC(O)C(C)C. The van der Waals surface area contributed by atoms with Crippen LogP contribution in [0.3, 0.4) is 0 Å². The Morgan fingerprint density at radius 1 is 1.29 bits per heavy atom. The lowest BCUT2D eigenvalue weighted by Crippen LogP contribution is -2.37. The maximum absolute atomic E-state index is 9.70. The fourth-order valence-electron chi connectivity index (χ4n) is 1.19. The second kappa shape index (κ2) is 8.21. The summed E-state index contributed by atoms with van der Waals surface area (Å²) in [5.41, 5.74) is 0. The van der Waals surface area contributed by atoms with E-state index >= 15 is 0 Å². The van der Waals surface area contributed by atoms with Gasteiger partial charge in [0.2, 0.25) is 0 Å². The number of hydrogen-bond donors (Lipinski definition) is 1. The van der Waals surface area contributed by atoms with Crippen molar-refractivity contribution in [3.63, 3.8) is 0 Å². The minimum absolute atomic E-state index is 0.225. The second-order valence-corrected chi connectivity index (χ2v) is 3.90. The molecule has 1 unspecified atom stereocenters. The zero-order chi connectivity index (χ0) is 11.0. The summed E-state index contributed by atoms with van der Waals surface area (Å²) in [5.74, 6) is 0.330. The third-order valence-electron chi connectivity index (χ3n) is 2.42. The summed E-state index contributed by atoms with van der Waals surface area (Å²) in [6, 6.07) is 0. The molecule has 0 saturated heterocycles. The Balaban J connectivity index is 3.67. The van der Waals surface area contributed by atoms with Gasteiger partial charge in [-0.05, 0) is 19.4 Å². The van der Waals surface area contributed by atoms with E-state index < -0.39 is 0 Å². The van der Waals surface area contributed by atoms with Crippen LogP contribution in [0.4, 0.5) is 0 Å². The van der Waals surface area contributed by atoms with Gasteiger partial charge in [-0.3, -0.25) is 4.90 Å². The van der Waals surface area contributed by atoms with Gasteiger partial charge in [0.15, 0.2) is 0 Å². The van der Waals surface area contributed by atoms with E-state index in [1.54, 1.807) is 0 Å². The fourth-order valence-corrected chi connectivity index (χ4v) is 1.19. The van der Waals surface area contributed by atoms with Gasteiger partial charge in [0.1, 0.15) is 0 Å². The van der Waals surface area contributed by atoms with E-state index in [1.165, 1.54) is 0 Å². The molecule has 3 heteroatoms. The van der Waals surface area contributed by atoms with Crippen LogP contribution in [0.1, 0.15) is 27.7 Å². The summed E-state index contributed by atoms with van der Waals surface area (Å²) in [4.78, 5) is 2.22. The molecule has 0 aliphatic heterocycles. The molecule has 86 valence electrons. The predicted molar refractivity (Wildman–Crippen MR) is 59.5 cm³/mol. The van der Waals surface area contributed by atoms with Crippen LogP contribution in [-0.2, 0) is 4.74 Å². The van der Waals surface area contributed by atoms with E-state index in [0.717, 1.165) is 32.8 Å². The molecule has 0 saturated carbocycles. The predicted octanol–water partition coefficient (Wildman–Crippen LogP) is 1.36. The van der Waals surface area contributed by atoms with Gasteiger partial charge in [0.05, 0.1) is 12.7 Å². The number of likely N-dealkylation sites (N-methyl/N-ethyl adjacent to an activating group) is 1. The molecule has 0 aromatic rings. The molecule has 3 nitrogen and oxygen atoms in total. The first-order valence-corrected chi connectivity index (χ1v) is 5.59. The molecule has 0 spiro atoms. The van der Waals surface area contributed by atoms with Crippen LogP contribution in [0, 0.1) is 5.92 Å². The average molecular weight is 203 g/mol. The highest BCUT2D eigenvalue weighted by molar-refractivity contribution is 4.66. The molecule has 1 atom stereocenters. The first-order chi connectivity index (χ1) is 6.61. The van der Waals surface area contributed by atoms with Gasteiger partial charge in [-0.15, -0.1) is 0 Å². The third-order valence-corrected chi connectivity index (χ3v) is 2.42. The molecule has 0 aliphatic rings. The summed E-state index contributed by atoms with van der Waals surface area (Å²) in [7, 11) is 0. The van der Waals surface area contributed by atoms with Gasteiger partial charge in [-0.25, -0.2) is 0 Å². The standard InChI is InChI=1S/C11H25NO2/c1-5-12(7-8-14-6-2)9-11(13)10(3)4/h10-11,13H,5-9H2,1-4H3. The van der Waals surface area contributed by atoms with Gasteiger partial charge in [-0.2, -0.15) is 0 Å². The van der Waals surface area contributed by atoms with Crippen LogP contribution in [-0.4, -0.2) is 49.0 Å². The molecule has 0 aromatic heterocycles. The summed E-state index contributed by atoms with van der Waals surface area (Å²) in [6.07, 6.45) is -0.225. The van der Waals surface area contributed by atoms with Gasteiger partial charge in [0.25, 0.3) is 0 Å². The molecule has 0 fully saturated rings. The van der Waals surface area contributed by atoms with Gasteiger partial charge >= 0.3 is 0 Å². The highest BCUT2D eigenvalue weighted by atomic mass is 16.5. The van der Waals surface area contributed by atoms with Crippen LogP contribution in [0.2, 0.25) is 0 Å². The van der Waals surface area contributed by atoms with Gasteiger partial charge < -0.3 is 9.84 Å². The van der Waals surface area contributed by atoms with E-state index in [-0.39, 0.29) is 6.10 Å². The Bertz CT molecular complexity index is 128. The van der Waals surface area contributed by atoms with Crippen LogP contribution >= 0.6 is 0 Å². The van der Waals surface area contributed by atoms with Crippen molar-refractivity contribution in [2.75, 3.05) is 32.8 Å². The van der Waals surface area contributed by atoms with Gasteiger partial charge in [-0.1, -0.05) is 20.8 Å². The minimum atomic E-state index is -0.225. The molecule has 0 rings (SSSR count). The van der Waals surface area contributed by atoms with Crippen molar-refractivity contribution < 1.29 is 9.84 Å². The summed E-state index contributed by atoms with van der Waals surface area (Å²) >= 11 is 0. The van der Waals surface area contributed by atoms with Crippen LogP contribution < -0.4 is 0 Å². The first-order valence-electron chi connectivity index (χ1n) is 5.59. The number of aliphatic hydroxyl groups excluding tert-OH is 1. The highest BCUT2D eigenvalue weighted by Crippen LogP contribution is 2.03. The number of ether oxygens (including phenoxy) is 1. The maximum atomic E-state index is 9.70. The Labute approximate surface area is 88.1 Å². The van der Waals surface area contributed by atoms with Crippen molar-refractivity contribution >= 4 is 0 Å². The zero-order valence-corrected chi connectivity index (χ0v) is 9.99. The van der Waals surface area contributed by atoms with Crippen molar-refractivity contribution in [2.45, 2.75) is 33.8 Å². The van der Waals surface area contributed by atoms with E-state index in [1.807, 2.05) is 20.8 Å². The first kappa shape index (κ1) is 13.9. The number of rotatable bonds is 8. The van der Waals surface area contributed by atoms with E-state index in [0.29, 0.717) is 5.92 Å². The summed E-state index contributed by atoms with van der Waals surface area (Å²) < 4.78 is 5.28. The maximum Gasteiger partial charge on any atom is 0.0689 e. The zero-order valence-electron chi connectivity index (χ0n) is 9.99. The van der Waals surface area contributed by atoms with Crippen LogP contribution in [0.5, 0.6) is 0 Å². The summed E-state index contributed by atoms with van der Waals surface area (Å²) in [6.45, 7) is 12.4. The molecule has 1 N–H and O–H groups in total. The lowest BCUT2D eigenvalue weighted by molar-refractivity contribution is 0.0581. The Hall–Kier alpha value is -0.120. The van der Waals surface area contributed by atoms with Crippen molar-refractivity contribution in [1.82, 2.24) is 4.90 Å². The minimum Gasteiger partial charge on any atom is -0.392 e. The second-order valence-electron chi connectivity index (χ2n) is 3.90. The molecule has 0 heterocycles. The third kappa shape index (κ3) is 6.35. The fraction of sp³-hybridized carbons (Fsp3) is 1.00. The topological polar surface area (TPSA) is 32.7 Å². The van der Waals surface area contributed by atoms with Crippen molar-refractivity contribution in [3.8, 4) is 0 Å². The molecule has 0 aromatic carbocycles. The number of nitrogens with zero attached hydrogens (tertiary/aromatic N) is 1. The Morgan fingerprint density at radius 3 is 2.36 bits per heavy atom. The van der Waals surface area contributed by atoms with Crippen molar-refractivity contribution in [1.29, 1.82) is 0 Å².